The van der Waals surface area contributed by atoms with Crippen LogP contribution in [-0.4, -0.2) is 40.4 Å². The molecule has 1 amide bonds. The van der Waals surface area contributed by atoms with Gasteiger partial charge in [0, 0.05) is 22.9 Å². The number of carbonyl (C=O) groups excluding carboxylic acids is 1. The number of thiocarbonyl (C=S) groups is 1. The van der Waals surface area contributed by atoms with E-state index in [1.165, 1.54) is 0 Å². The fourth-order valence-electron chi connectivity index (χ4n) is 4.53. The number of thiazole rings is 1. The molecule has 9 heteroatoms. The Bertz CT molecular complexity index is 926. The Morgan fingerprint density at radius 3 is 2.52 bits per heavy atom. The number of rotatable bonds is 3. The van der Waals surface area contributed by atoms with Gasteiger partial charge in [-0.2, -0.15) is 13.2 Å². The Morgan fingerprint density at radius 1 is 1.26 bits per heavy atom. The van der Waals surface area contributed by atoms with Crippen LogP contribution in [0.1, 0.15) is 26.6 Å². The zero-order valence-corrected chi connectivity index (χ0v) is 15.5. The van der Waals surface area contributed by atoms with Crippen molar-refractivity contribution in [1.29, 1.82) is 0 Å². The van der Waals surface area contributed by atoms with Gasteiger partial charge in [0.1, 0.15) is 10.00 Å². The zero-order valence-electron chi connectivity index (χ0n) is 13.9. The third-order valence-electron chi connectivity index (χ3n) is 5.92. The number of nitrogens with one attached hydrogen (secondary N) is 1. The summed E-state index contributed by atoms with van der Waals surface area (Å²) in [6.45, 7) is 1.71. The van der Waals surface area contributed by atoms with Gasteiger partial charge in [-0.15, -0.1) is 11.3 Å². The standard InChI is InChI=1S/C18H14F3N3OS2/c19-18(20,21)13-7-27-16(23-13)17(11-5-22-6-12(11)17)8-24-14(25)9-3-1-2-4-10(9)15(24)26/h1-4,7,11-12,22H,5-6,8H2. The molecule has 1 aromatic heterocycles. The lowest BCUT2D eigenvalue weighted by atomic mass is 10.00. The van der Waals surface area contributed by atoms with Crippen LogP contribution in [0.15, 0.2) is 29.6 Å². The smallest absolute Gasteiger partial charge is 0.316 e. The van der Waals surface area contributed by atoms with Gasteiger partial charge in [-0.25, -0.2) is 4.98 Å². The van der Waals surface area contributed by atoms with E-state index in [1.807, 2.05) is 12.1 Å². The number of amides is 1. The van der Waals surface area contributed by atoms with Crippen molar-refractivity contribution in [3.05, 3.63) is 51.5 Å². The van der Waals surface area contributed by atoms with E-state index in [1.54, 1.807) is 17.0 Å². The Labute approximate surface area is 162 Å². The highest BCUT2D eigenvalue weighted by Gasteiger charge is 2.70. The van der Waals surface area contributed by atoms with Gasteiger partial charge in [-0.1, -0.05) is 30.4 Å². The van der Waals surface area contributed by atoms with Crippen LogP contribution in [0.5, 0.6) is 0 Å². The second kappa shape index (κ2) is 5.59. The van der Waals surface area contributed by atoms with Gasteiger partial charge >= 0.3 is 6.18 Å². The fourth-order valence-corrected chi connectivity index (χ4v) is 6.00. The highest BCUT2D eigenvalue weighted by molar-refractivity contribution is 7.80. The molecule has 0 radical (unpaired) electrons. The van der Waals surface area contributed by atoms with E-state index in [0.717, 1.165) is 16.7 Å². The van der Waals surface area contributed by atoms with E-state index in [0.29, 0.717) is 34.2 Å². The average Bonchev–Trinajstić information content (AvgIpc) is 3.13. The molecule has 2 fully saturated rings. The maximum Gasteiger partial charge on any atom is 0.434 e. The Kier molecular flexibility index (Phi) is 3.57. The van der Waals surface area contributed by atoms with Crippen molar-refractivity contribution in [1.82, 2.24) is 15.2 Å². The summed E-state index contributed by atoms with van der Waals surface area (Å²) in [6, 6.07) is 7.15. The number of carbonyl (C=O) groups is 1. The summed E-state index contributed by atoms with van der Waals surface area (Å²) in [4.78, 5) is 18.8. The number of alkyl halides is 3. The first kappa shape index (κ1) is 17.3. The van der Waals surface area contributed by atoms with Crippen molar-refractivity contribution in [2.24, 2.45) is 11.8 Å². The predicted octanol–water partition coefficient (Wildman–Crippen LogP) is 3.08. The minimum absolute atomic E-state index is 0.170. The van der Waals surface area contributed by atoms with Gasteiger partial charge in [-0.3, -0.25) is 9.69 Å². The summed E-state index contributed by atoms with van der Waals surface area (Å²) >= 11 is 6.54. The third kappa shape index (κ3) is 2.34. The van der Waals surface area contributed by atoms with Gasteiger partial charge in [0.05, 0.1) is 5.56 Å². The van der Waals surface area contributed by atoms with Crippen molar-refractivity contribution >= 4 is 34.5 Å². The minimum atomic E-state index is -4.47. The van der Waals surface area contributed by atoms with E-state index >= 15 is 0 Å². The Morgan fingerprint density at radius 2 is 1.93 bits per heavy atom. The molecule has 27 heavy (non-hydrogen) atoms. The molecule has 2 unspecified atom stereocenters. The molecule has 4 nitrogen and oxygen atoms in total. The van der Waals surface area contributed by atoms with Crippen LogP contribution in [0.25, 0.3) is 0 Å². The van der Waals surface area contributed by atoms with Crippen molar-refractivity contribution in [2.45, 2.75) is 11.6 Å². The molecule has 1 saturated carbocycles. The normalized spacial score (nSPS) is 29.2. The lowest BCUT2D eigenvalue weighted by Crippen LogP contribution is -2.41. The van der Waals surface area contributed by atoms with Crippen LogP contribution in [0.3, 0.4) is 0 Å². The number of aromatic nitrogens is 1. The van der Waals surface area contributed by atoms with Gasteiger partial charge in [-0.05, 0) is 31.0 Å². The average molecular weight is 409 g/mol. The second-order valence-electron chi connectivity index (χ2n) is 7.19. The quantitative estimate of drug-likeness (QED) is 0.792. The molecule has 1 N–H and O–H groups in total. The van der Waals surface area contributed by atoms with Gasteiger partial charge in [0.2, 0.25) is 0 Å². The maximum atomic E-state index is 13.1. The highest BCUT2D eigenvalue weighted by Crippen LogP contribution is 2.63. The predicted molar refractivity (Wildman–Crippen MR) is 97.8 cm³/mol. The van der Waals surface area contributed by atoms with Crippen molar-refractivity contribution in [2.75, 3.05) is 19.6 Å². The largest absolute Gasteiger partial charge is 0.434 e. The SMILES string of the molecule is O=C1c2ccccc2C(=S)N1CC1(c2nc(C(F)(F)F)cs2)C2CNCC21. The Hall–Kier alpha value is -1.84. The zero-order chi connectivity index (χ0) is 19.0. The molecular weight excluding hydrogens is 395 g/mol. The van der Waals surface area contributed by atoms with Crippen LogP contribution in [0, 0.1) is 11.8 Å². The molecule has 2 aromatic rings. The Balaban J connectivity index is 1.51. The summed E-state index contributed by atoms with van der Waals surface area (Å²) in [5, 5.41) is 4.79. The lowest BCUT2D eigenvalue weighted by Gasteiger charge is -2.26. The first-order valence-corrected chi connectivity index (χ1v) is 9.82. The summed E-state index contributed by atoms with van der Waals surface area (Å²) in [7, 11) is 0. The summed E-state index contributed by atoms with van der Waals surface area (Å²) in [6.07, 6.45) is -4.47. The molecule has 3 aliphatic rings. The van der Waals surface area contributed by atoms with Crippen LogP contribution >= 0.6 is 23.6 Å². The second-order valence-corrected chi connectivity index (χ2v) is 8.43. The summed E-state index contributed by atoms with van der Waals surface area (Å²) in [5.41, 5.74) is -0.150. The van der Waals surface area contributed by atoms with Crippen LogP contribution in [0.4, 0.5) is 13.2 Å². The molecule has 3 heterocycles. The van der Waals surface area contributed by atoms with Crippen LogP contribution in [0.2, 0.25) is 0 Å². The number of fused-ring (bicyclic) bond motifs is 2. The van der Waals surface area contributed by atoms with Crippen molar-refractivity contribution < 1.29 is 18.0 Å². The van der Waals surface area contributed by atoms with E-state index < -0.39 is 17.3 Å². The van der Waals surface area contributed by atoms with E-state index in [4.69, 9.17) is 12.2 Å². The van der Waals surface area contributed by atoms with Crippen LogP contribution in [-0.2, 0) is 11.6 Å². The number of nitrogens with zero attached hydrogens (tertiary/aromatic N) is 2. The lowest BCUT2D eigenvalue weighted by molar-refractivity contribution is -0.140. The first-order chi connectivity index (χ1) is 12.8. The number of halogens is 3. The van der Waals surface area contributed by atoms with Crippen molar-refractivity contribution in [3.8, 4) is 0 Å². The topological polar surface area (TPSA) is 45.2 Å². The molecular formula is C18H14F3N3OS2. The third-order valence-corrected chi connectivity index (χ3v) is 7.40. The van der Waals surface area contributed by atoms with Crippen LogP contribution < -0.4 is 5.32 Å². The number of hydrogen-bond donors (Lipinski definition) is 1. The number of piperidine rings is 1. The number of hydrogen-bond acceptors (Lipinski definition) is 5. The van der Waals surface area contributed by atoms with E-state index in [-0.39, 0.29) is 24.3 Å². The van der Waals surface area contributed by atoms with Gasteiger partial charge in [0.15, 0.2) is 5.69 Å². The monoisotopic (exact) mass is 409 g/mol. The molecule has 2 atom stereocenters. The summed E-state index contributed by atoms with van der Waals surface area (Å²) in [5.74, 6) is 0.161. The van der Waals surface area contributed by atoms with E-state index in [2.05, 4.69) is 10.3 Å². The van der Waals surface area contributed by atoms with E-state index in [9.17, 15) is 18.0 Å². The first-order valence-electron chi connectivity index (χ1n) is 8.53. The van der Waals surface area contributed by atoms with Crippen molar-refractivity contribution in [3.63, 3.8) is 0 Å². The fraction of sp³-hybridized carbons (Fsp3) is 0.389. The molecule has 140 valence electrons. The molecule has 1 saturated heterocycles. The number of benzene rings is 1. The molecule has 5 rings (SSSR count). The highest BCUT2D eigenvalue weighted by atomic mass is 32.1. The van der Waals surface area contributed by atoms with Gasteiger partial charge in [0.25, 0.3) is 5.91 Å². The molecule has 2 aliphatic heterocycles. The molecule has 1 aromatic carbocycles. The molecule has 0 spiro atoms. The molecule has 1 aliphatic carbocycles. The maximum absolute atomic E-state index is 13.1. The van der Waals surface area contributed by atoms with Gasteiger partial charge < -0.3 is 5.32 Å². The summed E-state index contributed by atoms with van der Waals surface area (Å²) < 4.78 is 39.2. The minimum Gasteiger partial charge on any atom is -0.316 e. The molecule has 0 bridgehead atoms.